The van der Waals surface area contributed by atoms with Gasteiger partial charge in [-0.05, 0) is 86.5 Å². The summed E-state index contributed by atoms with van der Waals surface area (Å²) in [5, 5.41) is 11.7. The van der Waals surface area contributed by atoms with Crippen LogP contribution in [-0.4, -0.2) is 22.3 Å². The summed E-state index contributed by atoms with van der Waals surface area (Å²) in [6.07, 6.45) is 7.20. The van der Waals surface area contributed by atoms with Crippen LogP contribution in [0.1, 0.15) is 73.1 Å². The zero-order valence-electron chi connectivity index (χ0n) is 17.0. The standard InChI is InChI=1S/C23H34O3/c1-13-10-16-18-7-6-17(14(2)24)22(18,4)12-23(5,26)20(16)21(3)9-8-15(25)11-19(13)21/h11,13,16-18,20,26H,6-10,12H2,1-5H3/t13-,16-,17+,18-,20-,21-,22-,23-/m0/s1. The van der Waals surface area contributed by atoms with Crippen molar-refractivity contribution in [1.82, 2.24) is 0 Å². The molecule has 0 heterocycles. The first-order valence-electron chi connectivity index (χ1n) is 10.5. The maximum absolute atomic E-state index is 12.3. The topological polar surface area (TPSA) is 54.4 Å². The summed E-state index contributed by atoms with van der Waals surface area (Å²) in [7, 11) is 0. The predicted molar refractivity (Wildman–Crippen MR) is 101 cm³/mol. The molecule has 0 aromatic carbocycles. The highest BCUT2D eigenvalue weighted by Crippen LogP contribution is 2.69. The number of aliphatic hydroxyl groups is 1. The third kappa shape index (κ3) is 2.28. The Morgan fingerprint density at radius 3 is 2.58 bits per heavy atom. The Hall–Kier alpha value is -0.960. The van der Waals surface area contributed by atoms with Crippen molar-refractivity contribution in [3.8, 4) is 0 Å². The minimum Gasteiger partial charge on any atom is -0.390 e. The maximum atomic E-state index is 12.3. The van der Waals surface area contributed by atoms with Gasteiger partial charge in [-0.2, -0.15) is 0 Å². The molecule has 0 unspecified atom stereocenters. The Bertz CT molecular complexity index is 690. The van der Waals surface area contributed by atoms with Crippen molar-refractivity contribution < 1.29 is 14.7 Å². The number of Topliss-reactive ketones (excluding diaryl/α,β-unsaturated/α-hetero) is 1. The number of carbonyl (C=O) groups excluding carboxylic acids is 2. The summed E-state index contributed by atoms with van der Waals surface area (Å²) < 4.78 is 0. The van der Waals surface area contributed by atoms with Gasteiger partial charge >= 0.3 is 0 Å². The molecule has 26 heavy (non-hydrogen) atoms. The number of carbonyl (C=O) groups is 2. The summed E-state index contributed by atoms with van der Waals surface area (Å²) >= 11 is 0. The van der Waals surface area contributed by atoms with E-state index >= 15 is 0 Å². The van der Waals surface area contributed by atoms with Crippen molar-refractivity contribution >= 4 is 11.6 Å². The van der Waals surface area contributed by atoms with Gasteiger partial charge in [0.1, 0.15) is 5.78 Å². The van der Waals surface area contributed by atoms with Gasteiger partial charge in [-0.25, -0.2) is 0 Å². The Morgan fingerprint density at radius 2 is 1.92 bits per heavy atom. The Balaban J connectivity index is 1.82. The second kappa shape index (κ2) is 5.53. The van der Waals surface area contributed by atoms with Gasteiger partial charge in [0.15, 0.2) is 5.78 Å². The fraction of sp³-hybridized carbons (Fsp3) is 0.826. The summed E-state index contributed by atoms with van der Waals surface area (Å²) in [6.45, 7) is 10.6. The van der Waals surface area contributed by atoms with Crippen LogP contribution in [0.5, 0.6) is 0 Å². The normalized spacial score (nSPS) is 53.4. The van der Waals surface area contributed by atoms with Crippen molar-refractivity contribution in [2.45, 2.75) is 78.7 Å². The smallest absolute Gasteiger partial charge is 0.155 e. The monoisotopic (exact) mass is 358 g/mol. The van der Waals surface area contributed by atoms with E-state index in [9.17, 15) is 14.7 Å². The third-order valence-corrected chi connectivity index (χ3v) is 8.96. The van der Waals surface area contributed by atoms with Gasteiger partial charge in [-0.15, -0.1) is 0 Å². The molecule has 1 N–H and O–H groups in total. The predicted octanol–water partition coefficient (Wildman–Crippen LogP) is 4.33. The zero-order valence-corrected chi connectivity index (χ0v) is 17.0. The number of rotatable bonds is 1. The van der Waals surface area contributed by atoms with Crippen LogP contribution >= 0.6 is 0 Å². The van der Waals surface area contributed by atoms with Gasteiger partial charge in [0, 0.05) is 12.3 Å². The number of fused-ring (bicyclic) bond motifs is 5. The molecule has 8 atom stereocenters. The van der Waals surface area contributed by atoms with E-state index < -0.39 is 5.60 Å². The molecule has 3 nitrogen and oxygen atoms in total. The average Bonchev–Trinajstić information content (AvgIpc) is 2.84. The quantitative estimate of drug-likeness (QED) is 0.759. The SMILES string of the molecule is CC(=O)[C@H]1CC[C@H]2[C@@H]3C[C@H](C)C4=CC(=O)CC[C@]4(C)[C@H]3[C@@](C)(O)C[C@@]12C. The van der Waals surface area contributed by atoms with Crippen LogP contribution < -0.4 is 0 Å². The van der Waals surface area contributed by atoms with Crippen LogP contribution in [0, 0.1) is 40.4 Å². The molecule has 0 saturated heterocycles. The minimum atomic E-state index is -0.789. The molecule has 4 rings (SSSR count). The van der Waals surface area contributed by atoms with Crippen LogP contribution in [0.15, 0.2) is 11.6 Å². The largest absolute Gasteiger partial charge is 0.390 e. The molecule has 0 amide bonds. The highest BCUT2D eigenvalue weighted by atomic mass is 16.3. The van der Waals surface area contributed by atoms with E-state index in [0.717, 1.165) is 25.7 Å². The summed E-state index contributed by atoms with van der Waals surface area (Å²) in [5.74, 6) is 2.17. The first-order chi connectivity index (χ1) is 12.0. The second-order valence-corrected chi connectivity index (χ2v) is 10.6. The average molecular weight is 359 g/mol. The molecule has 0 aromatic heterocycles. The summed E-state index contributed by atoms with van der Waals surface area (Å²) in [5.41, 5.74) is 0.315. The molecule has 4 aliphatic rings. The molecule has 0 bridgehead atoms. The van der Waals surface area contributed by atoms with E-state index in [2.05, 4.69) is 20.8 Å². The molecule has 3 heteroatoms. The van der Waals surface area contributed by atoms with Crippen molar-refractivity contribution in [2.24, 2.45) is 40.4 Å². The van der Waals surface area contributed by atoms with Crippen molar-refractivity contribution in [3.63, 3.8) is 0 Å². The molecule has 4 aliphatic carbocycles. The Labute approximate surface area is 157 Å². The van der Waals surface area contributed by atoms with Crippen molar-refractivity contribution in [3.05, 3.63) is 11.6 Å². The van der Waals surface area contributed by atoms with E-state index in [4.69, 9.17) is 0 Å². The highest BCUT2D eigenvalue weighted by molar-refractivity contribution is 5.91. The van der Waals surface area contributed by atoms with E-state index in [1.54, 1.807) is 6.92 Å². The molecule has 3 fully saturated rings. The third-order valence-electron chi connectivity index (χ3n) is 8.96. The number of hydrogen-bond donors (Lipinski definition) is 1. The molecule has 3 saturated carbocycles. The van der Waals surface area contributed by atoms with Crippen LogP contribution in [0.3, 0.4) is 0 Å². The fourth-order valence-electron chi connectivity index (χ4n) is 8.44. The second-order valence-electron chi connectivity index (χ2n) is 10.6. The molecule has 0 aliphatic heterocycles. The van der Waals surface area contributed by atoms with Gasteiger partial charge in [0.2, 0.25) is 0 Å². The maximum Gasteiger partial charge on any atom is 0.155 e. The van der Waals surface area contributed by atoms with Crippen molar-refractivity contribution in [1.29, 1.82) is 0 Å². The number of hydrogen-bond acceptors (Lipinski definition) is 3. The lowest BCUT2D eigenvalue weighted by molar-refractivity contribution is -0.188. The Morgan fingerprint density at radius 1 is 1.23 bits per heavy atom. The molecule has 0 aromatic rings. The molecule has 144 valence electrons. The van der Waals surface area contributed by atoms with Crippen LogP contribution in [0.4, 0.5) is 0 Å². The van der Waals surface area contributed by atoms with E-state index in [-0.39, 0.29) is 28.4 Å². The van der Waals surface area contributed by atoms with Crippen LogP contribution in [0.2, 0.25) is 0 Å². The Kier molecular flexibility index (Phi) is 3.91. The van der Waals surface area contributed by atoms with Crippen LogP contribution in [-0.2, 0) is 9.59 Å². The fourth-order valence-corrected chi connectivity index (χ4v) is 8.44. The zero-order chi connectivity index (χ0) is 19.1. The minimum absolute atomic E-state index is 0.0850. The van der Waals surface area contributed by atoms with E-state index in [1.807, 2.05) is 13.0 Å². The van der Waals surface area contributed by atoms with Gasteiger partial charge in [-0.3, -0.25) is 9.59 Å². The summed E-state index contributed by atoms with van der Waals surface area (Å²) in [4.78, 5) is 24.4. The van der Waals surface area contributed by atoms with Gasteiger partial charge in [-0.1, -0.05) is 26.3 Å². The first kappa shape index (κ1) is 18.4. The molecule has 0 radical (unpaired) electrons. The lowest BCUT2D eigenvalue weighted by Gasteiger charge is -2.64. The lowest BCUT2D eigenvalue weighted by atomic mass is 9.41. The van der Waals surface area contributed by atoms with Gasteiger partial charge in [0.05, 0.1) is 5.60 Å². The van der Waals surface area contributed by atoms with Gasteiger partial charge < -0.3 is 5.11 Å². The lowest BCUT2D eigenvalue weighted by Crippen LogP contribution is -2.62. The number of ketones is 2. The van der Waals surface area contributed by atoms with Gasteiger partial charge in [0.25, 0.3) is 0 Å². The first-order valence-corrected chi connectivity index (χ1v) is 10.5. The molecule has 0 spiro atoms. The number of allylic oxidation sites excluding steroid dienone is 1. The van der Waals surface area contributed by atoms with E-state index in [0.29, 0.717) is 36.4 Å². The molecular weight excluding hydrogens is 324 g/mol. The van der Waals surface area contributed by atoms with Crippen LogP contribution in [0.25, 0.3) is 0 Å². The summed E-state index contributed by atoms with van der Waals surface area (Å²) in [6, 6.07) is 0. The van der Waals surface area contributed by atoms with Crippen molar-refractivity contribution in [2.75, 3.05) is 0 Å². The van der Waals surface area contributed by atoms with E-state index in [1.165, 1.54) is 5.57 Å². The molecular formula is C23H34O3. The highest BCUT2D eigenvalue weighted by Gasteiger charge is 2.66.